The number of carboxylic acids is 1. The van der Waals surface area contributed by atoms with Crippen LogP contribution >= 0.6 is 0 Å². The van der Waals surface area contributed by atoms with Gasteiger partial charge in [-0.25, -0.2) is 14.4 Å². The van der Waals surface area contributed by atoms with Gasteiger partial charge in [-0.2, -0.15) is 0 Å². The molecule has 8 nitrogen and oxygen atoms in total. The van der Waals surface area contributed by atoms with Gasteiger partial charge in [-0.15, -0.1) is 0 Å². The van der Waals surface area contributed by atoms with Crippen molar-refractivity contribution in [3.05, 3.63) is 59.7 Å². The number of hydrogen-bond acceptors (Lipinski definition) is 5. The van der Waals surface area contributed by atoms with Gasteiger partial charge in [0.15, 0.2) is 0 Å². The van der Waals surface area contributed by atoms with Crippen molar-refractivity contribution in [1.29, 1.82) is 0 Å². The highest BCUT2D eigenvalue weighted by atomic mass is 16.6. The first kappa shape index (κ1) is 25.1. The Morgan fingerprint density at radius 3 is 2.12 bits per heavy atom. The first-order valence-electron chi connectivity index (χ1n) is 11.4. The van der Waals surface area contributed by atoms with Crippen LogP contribution in [0.25, 0.3) is 11.1 Å². The molecule has 0 unspecified atom stereocenters. The summed E-state index contributed by atoms with van der Waals surface area (Å²) >= 11 is 0. The van der Waals surface area contributed by atoms with E-state index in [1.165, 1.54) is 11.8 Å². The fraction of sp³-hybridized carbons (Fsp3) is 0.423. The number of benzene rings is 2. The van der Waals surface area contributed by atoms with Crippen molar-refractivity contribution in [2.24, 2.45) is 0 Å². The van der Waals surface area contributed by atoms with E-state index in [1.54, 1.807) is 20.8 Å². The second-order valence-corrected chi connectivity index (χ2v) is 9.29. The quantitative estimate of drug-likeness (QED) is 0.548. The molecule has 1 aliphatic rings. The van der Waals surface area contributed by atoms with E-state index < -0.39 is 29.8 Å². The number of ether oxygens (including phenoxy) is 2. The van der Waals surface area contributed by atoms with E-state index in [0.29, 0.717) is 6.42 Å². The number of hydrogen-bond donors (Lipinski definition) is 2. The molecule has 0 radical (unpaired) electrons. The van der Waals surface area contributed by atoms with Crippen molar-refractivity contribution in [2.75, 3.05) is 19.7 Å². The van der Waals surface area contributed by atoms with E-state index >= 15 is 0 Å². The molecule has 182 valence electrons. The molecule has 0 saturated carbocycles. The van der Waals surface area contributed by atoms with E-state index in [0.717, 1.165) is 22.3 Å². The molecule has 8 heteroatoms. The third kappa shape index (κ3) is 6.07. The second-order valence-electron chi connectivity index (χ2n) is 9.29. The Morgan fingerprint density at radius 1 is 1.03 bits per heavy atom. The monoisotopic (exact) mass is 468 g/mol. The zero-order chi connectivity index (χ0) is 24.9. The third-order valence-electron chi connectivity index (χ3n) is 5.64. The lowest BCUT2D eigenvalue weighted by Gasteiger charge is -2.27. The van der Waals surface area contributed by atoms with Gasteiger partial charge in [-0.1, -0.05) is 48.5 Å². The lowest BCUT2D eigenvalue weighted by atomic mass is 9.98. The van der Waals surface area contributed by atoms with Crippen molar-refractivity contribution >= 4 is 18.2 Å². The van der Waals surface area contributed by atoms with Crippen molar-refractivity contribution < 1.29 is 29.0 Å². The summed E-state index contributed by atoms with van der Waals surface area (Å²) in [5.41, 5.74) is 3.77. The van der Waals surface area contributed by atoms with Crippen molar-refractivity contribution in [3.8, 4) is 11.1 Å². The first-order chi connectivity index (χ1) is 16.1. The van der Waals surface area contributed by atoms with Gasteiger partial charge in [0.25, 0.3) is 0 Å². The zero-order valence-corrected chi connectivity index (χ0v) is 20.0. The lowest BCUT2D eigenvalue weighted by Crippen LogP contribution is -2.45. The van der Waals surface area contributed by atoms with Gasteiger partial charge in [0.1, 0.15) is 18.2 Å². The minimum atomic E-state index is -1.13. The van der Waals surface area contributed by atoms with E-state index in [9.17, 15) is 19.5 Å². The maximum atomic E-state index is 12.9. The molecule has 1 atom stereocenters. The summed E-state index contributed by atoms with van der Waals surface area (Å²) in [4.78, 5) is 37.5. The largest absolute Gasteiger partial charge is 0.480 e. The van der Waals surface area contributed by atoms with Gasteiger partial charge >= 0.3 is 18.2 Å². The highest BCUT2D eigenvalue weighted by Gasteiger charge is 2.31. The number of nitrogens with one attached hydrogen (secondary N) is 1. The molecule has 0 heterocycles. The van der Waals surface area contributed by atoms with Crippen molar-refractivity contribution in [3.63, 3.8) is 0 Å². The Morgan fingerprint density at radius 2 is 1.59 bits per heavy atom. The molecule has 2 aromatic carbocycles. The van der Waals surface area contributed by atoms with Gasteiger partial charge in [-0.3, -0.25) is 4.90 Å². The zero-order valence-electron chi connectivity index (χ0n) is 20.0. The van der Waals surface area contributed by atoms with Gasteiger partial charge in [-0.05, 0) is 56.4 Å². The molecule has 2 N–H and O–H groups in total. The Kier molecular flexibility index (Phi) is 7.81. The molecule has 0 fully saturated rings. The molecular weight excluding hydrogens is 436 g/mol. The normalized spacial score (nSPS) is 13.4. The van der Waals surface area contributed by atoms with Crippen LogP contribution in [0.5, 0.6) is 0 Å². The van der Waals surface area contributed by atoms with Crippen LogP contribution in [-0.2, 0) is 14.3 Å². The number of carboxylic acid groups (broad SMARTS) is 1. The van der Waals surface area contributed by atoms with E-state index in [2.05, 4.69) is 5.32 Å². The van der Waals surface area contributed by atoms with Gasteiger partial charge in [0.2, 0.25) is 0 Å². The first-order valence-corrected chi connectivity index (χ1v) is 11.4. The smallest absolute Gasteiger partial charge is 0.410 e. The van der Waals surface area contributed by atoms with Crippen LogP contribution in [0.3, 0.4) is 0 Å². The standard InChI is InChI=1S/C26H32N2O6/c1-17(23(29)30)28(15-9-14-27-24(31)34-26(2,3)4)25(32)33-16-22-20-12-7-5-10-18(20)19-11-6-8-13-21(19)22/h5-8,10-13,17,22H,9,14-16H2,1-4H3,(H,27,31)(H,29,30)/t17-/m0/s1. The van der Waals surface area contributed by atoms with Crippen LogP contribution in [0.2, 0.25) is 0 Å². The molecule has 1 aliphatic carbocycles. The highest BCUT2D eigenvalue weighted by molar-refractivity contribution is 5.81. The van der Waals surface area contributed by atoms with Gasteiger partial charge in [0.05, 0.1) is 0 Å². The maximum Gasteiger partial charge on any atom is 0.410 e. The van der Waals surface area contributed by atoms with E-state index in [1.807, 2.05) is 48.5 Å². The molecule has 0 bridgehead atoms. The summed E-state index contributed by atoms with van der Waals surface area (Å²) in [5.74, 6) is -1.25. The molecule has 2 amide bonds. The van der Waals surface area contributed by atoms with Gasteiger partial charge < -0.3 is 19.9 Å². The third-order valence-corrected chi connectivity index (χ3v) is 5.64. The van der Waals surface area contributed by atoms with Crippen LogP contribution in [0, 0.1) is 0 Å². The Labute approximate surface area is 199 Å². The average Bonchev–Trinajstić information content (AvgIpc) is 3.09. The maximum absolute atomic E-state index is 12.9. The van der Waals surface area contributed by atoms with Crippen molar-refractivity contribution in [1.82, 2.24) is 10.2 Å². The lowest BCUT2D eigenvalue weighted by molar-refractivity contribution is -0.142. The molecule has 2 aromatic rings. The van der Waals surface area contributed by atoms with Crippen LogP contribution in [0.15, 0.2) is 48.5 Å². The van der Waals surface area contributed by atoms with Crippen LogP contribution in [-0.4, -0.2) is 59.5 Å². The molecule has 3 rings (SSSR count). The fourth-order valence-electron chi connectivity index (χ4n) is 4.01. The molecule has 0 aliphatic heterocycles. The topological polar surface area (TPSA) is 105 Å². The predicted octanol–water partition coefficient (Wildman–Crippen LogP) is 4.63. The predicted molar refractivity (Wildman–Crippen MR) is 128 cm³/mol. The minimum Gasteiger partial charge on any atom is -0.480 e. The number of alkyl carbamates (subject to hydrolysis) is 1. The molecule has 0 aromatic heterocycles. The minimum absolute atomic E-state index is 0.103. The SMILES string of the molecule is C[C@@H](C(=O)O)N(CCCNC(=O)OC(C)(C)C)C(=O)OCC1c2ccccc2-c2ccccc21. The van der Waals surface area contributed by atoms with Crippen LogP contribution in [0.1, 0.15) is 51.2 Å². The summed E-state index contributed by atoms with van der Waals surface area (Å²) in [7, 11) is 0. The molecule has 0 saturated heterocycles. The Balaban J connectivity index is 1.62. The highest BCUT2D eigenvalue weighted by Crippen LogP contribution is 2.44. The van der Waals surface area contributed by atoms with Gasteiger partial charge in [0, 0.05) is 19.0 Å². The van der Waals surface area contributed by atoms with E-state index in [4.69, 9.17) is 9.47 Å². The number of aliphatic carboxylic acids is 1. The Bertz CT molecular complexity index is 1000. The Hall–Kier alpha value is -3.55. The van der Waals surface area contributed by atoms with E-state index in [-0.39, 0.29) is 25.6 Å². The molecular formula is C26H32N2O6. The van der Waals surface area contributed by atoms with Crippen LogP contribution < -0.4 is 5.32 Å². The van der Waals surface area contributed by atoms with Crippen LogP contribution in [0.4, 0.5) is 9.59 Å². The fourth-order valence-corrected chi connectivity index (χ4v) is 4.01. The summed E-state index contributed by atoms with van der Waals surface area (Å²) in [6, 6.07) is 14.9. The number of fused-ring (bicyclic) bond motifs is 3. The average molecular weight is 469 g/mol. The van der Waals surface area contributed by atoms with Crippen molar-refractivity contribution in [2.45, 2.75) is 51.7 Å². The molecule has 0 spiro atoms. The number of nitrogens with zero attached hydrogens (tertiary/aromatic N) is 1. The number of rotatable bonds is 8. The number of carbonyl (C=O) groups is 3. The summed E-state index contributed by atoms with van der Waals surface area (Å²) < 4.78 is 10.8. The summed E-state index contributed by atoms with van der Waals surface area (Å²) in [6.07, 6.45) is -0.915. The number of amides is 2. The molecule has 34 heavy (non-hydrogen) atoms. The summed E-state index contributed by atoms with van der Waals surface area (Å²) in [5, 5.41) is 12.1. The summed E-state index contributed by atoms with van der Waals surface area (Å²) in [6.45, 7) is 7.17. The number of carbonyl (C=O) groups excluding carboxylic acids is 2. The second kappa shape index (κ2) is 10.6.